The second-order valence-corrected chi connectivity index (χ2v) is 5.02. The maximum atomic E-state index is 11.0. The zero-order chi connectivity index (χ0) is 14.7. The molecule has 0 aromatic carbocycles. The van der Waals surface area contributed by atoms with Crippen molar-refractivity contribution in [1.29, 1.82) is 0 Å². The Morgan fingerprint density at radius 2 is 1.58 bits per heavy atom. The standard InChI is InChI=1S/C15H24O4/c1-15(2,12-10-14(17)19-4)11-8-6-5-7-9-13(16)18-3/h7,9-10,12H,5-6,8,11H2,1-4H3/b9-7+,12-10+. The van der Waals surface area contributed by atoms with Gasteiger partial charge < -0.3 is 9.47 Å². The molecule has 0 amide bonds. The average Bonchev–Trinajstić information content (AvgIpc) is 2.39. The maximum absolute atomic E-state index is 11.0. The van der Waals surface area contributed by atoms with Crippen molar-refractivity contribution in [1.82, 2.24) is 0 Å². The van der Waals surface area contributed by atoms with E-state index in [-0.39, 0.29) is 17.4 Å². The fourth-order valence-corrected chi connectivity index (χ4v) is 1.54. The summed E-state index contributed by atoms with van der Waals surface area (Å²) in [6, 6.07) is 0. The number of ether oxygens (including phenoxy) is 2. The van der Waals surface area contributed by atoms with Crippen molar-refractivity contribution in [2.24, 2.45) is 5.41 Å². The number of rotatable bonds is 8. The molecule has 0 aromatic rings. The number of allylic oxidation sites excluding steroid dienone is 2. The molecule has 0 radical (unpaired) electrons. The number of hydrogen-bond donors (Lipinski definition) is 0. The molecule has 0 saturated carbocycles. The van der Waals surface area contributed by atoms with Crippen LogP contribution in [0.1, 0.15) is 39.5 Å². The highest BCUT2D eigenvalue weighted by Crippen LogP contribution is 2.25. The highest BCUT2D eigenvalue weighted by molar-refractivity contribution is 5.82. The first kappa shape index (κ1) is 17.4. The second-order valence-electron chi connectivity index (χ2n) is 5.02. The van der Waals surface area contributed by atoms with E-state index in [4.69, 9.17) is 0 Å². The van der Waals surface area contributed by atoms with Gasteiger partial charge in [-0.2, -0.15) is 0 Å². The molecule has 0 aliphatic heterocycles. The van der Waals surface area contributed by atoms with Gasteiger partial charge in [-0.05, 0) is 24.7 Å². The van der Waals surface area contributed by atoms with Gasteiger partial charge in [0.05, 0.1) is 14.2 Å². The van der Waals surface area contributed by atoms with Gasteiger partial charge in [0, 0.05) is 12.2 Å². The first-order valence-corrected chi connectivity index (χ1v) is 6.43. The molecule has 0 N–H and O–H groups in total. The third-order valence-corrected chi connectivity index (χ3v) is 2.77. The quantitative estimate of drug-likeness (QED) is 0.386. The monoisotopic (exact) mass is 268 g/mol. The van der Waals surface area contributed by atoms with Gasteiger partial charge in [-0.3, -0.25) is 0 Å². The van der Waals surface area contributed by atoms with Gasteiger partial charge in [0.25, 0.3) is 0 Å². The molecule has 0 saturated heterocycles. The number of carbonyl (C=O) groups excluding carboxylic acids is 2. The van der Waals surface area contributed by atoms with Crippen LogP contribution in [0.25, 0.3) is 0 Å². The molecule has 0 aliphatic carbocycles. The van der Waals surface area contributed by atoms with Gasteiger partial charge in [0.1, 0.15) is 0 Å². The molecule has 0 atom stereocenters. The van der Waals surface area contributed by atoms with Crippen molar-refractivity contribution in [3.8, 4) is 0 Å². The van der Waals surface area contributed by atoms with Crippen molar-refractivity contribution in [3.05, 3.63) is 24.3 Å². The summed E-state index contributed by atoms with van der Waals surface area (Å²) in [6.45, 7) is 4.16. The van der Waals surface area contributed by atoms with Gasteiger partial charge >= 0.3 is 11.9 Å². The number of unbranched alkanes of at least 4 members (excludes halogenated alkanes) is 2. The smallest absolute Gasteiger partial charge is 0.330 e. The van der Waals surface area contributed by atoms with Gasteiger partial charge in [-0.15, -0.1) is 0 Å². The van der Waals surface area contributed by atoms with E-state index in [1.165, 1.54) is 26.4 Å². The fourth-order valence-electron chi connectivity index (χ4n) is 1.54. The summed E-state index contributed by atoms with van der Waals surface area (Å²) in [4.78, 5) is 21.8. The van der Waals surface area contributed by atoms with Crippen LogP contribution in [-0.2, 0) is 19.1 Å². The first-order valence-electron chi connectivity index (χ1n) is 6.43. The lowest BCUT2D eigenvalue weighted by Gasteiger charge is -2.19. The van der Waals surface area contributed by atoms with E-state index in [0.717, 1.165) is 25.7 Å². The lowest BCUT2D eigenvalue weighted by atomic mass is 9.86. The zero-order valence-corrected chi connectivity index (χ0v) is 12.3. The molecule has 19 heavy (non-hydrogen) atoms. The van der Waals surface area contributed by atoms with Crippen LogP contribution in [0.5, 0.6) is 0 Å². The van der Waals surface area contributed by atoms with Gasteiger partial charge in [0.15, 0.2) is 0 Å². The van der Waals surface area contributed by atoms with E-state index in [1.807, 2.05) is 12.2 Å². The van der Waals surface area contributed by atoms with Crippen LogP contribution in [0, 0.1) is 5.41 Å². The van der Waals surface area contributed by atoms with E-state index in [2.05, 4.69) is 23.3 Å². The largest absolute Gasteiger partial charge is 0.466 e. The number of methoxy groups -OCH3 is 2. The van der Waals surface area contributed by atoms with Crippen LogP contribution in [0.2, 0.25) is 0 Å². The minimum absolute atomic E-state index is 0.0275. The molecule has 108 valence electrons. The molecule has 4 heteroatoms. The molecule has 0 rings (SSSR count). The van der Waals surface area contributed by atoms with E-state index >= 15 is 0 Å². The molecule has 0 bridgehead atoms. The Kier molecular flexibility index (Phi) is 8.58. The summed E-state index contributed by atoms with van der Waals surface area (Å²) in [5.74, 6) is -0.643. The molecular formula is C15H24O4. The van der Waals surface area contributed by atoms with E-state index in [0.29, 0.717) is 0 Å². The molecular weight excluding hydrogens is 244 g/mol. The first-order chi connectivity index (χ1) is 8.91. The molecule has 0 heterocycles. The number of carbonyl (C=O) groups is 2. The molecule has 4 nitrogen and oxygen atoms in total. The van der Waals surface area contributed by atoms with Crippen LogP contribution in [0.4, 0.5) is 0 Å². The second kappa shape index (κ2) is 9.36. The van der Waals surface area contributed by atoms with Crippen molar-refractivity contribution in [2.45, 2.75) is 39.5 Å². The van der Waals surface area contributed by atoms with Gasteiger partial charge in [0.2, 0.25) is 0 Å². The summed E-state index contributed by atoms with van der Waals surface area (Å²) in [6.07, 6.45) is 10.5. The Morgan fingerprint density at radius 3 is 2.16 bits per heavy atom. The Balaban J connectivity index is 3.87. The average molecular weight is 268 g/mol. The lowest BCUT2D eigenvalue weighted by molar-refractivity contribution is -0.135. The summed E-state index contributed by atoms with van der Waals surface area (Å²) < 4.78 is 9.05. The van der Waals surface area contributed by atoms with Crippen molar-refractivity contribution >= 4 is 11.9 Å². The topological polar surface area (TPSA) is 52.6 Å². The van der Waals surface area contributed by atoms with Crippen molar-refractivity contribution in [3.63, 3.8) is 0 Å². The normalized spacial score (nSPS) is 12.0. The van der Waals surface area contributed by atoms with Crippen LogP contribution < -0.4 is 0 Å². The number of esters is 2. The fraction of sp³-hybridized carbons (Fsp3) is 0.600. The predicted octanol–water partition coefficient (Wildman–Crippen LogP) is 3.03. The Bertz CT molecular complexity index is 340. The zero-order valence-electron chi connectivity index (χ0n) is 12.3. The van der Waals surface area contributed by atoms with Crippen LogP contribution in [-0.4, -0.2) is 26.2 Å². The van der Waals surface area contributed by atoms with Crippen molar-refractivity contribution in [2.75, 3.05) is 14.2 Å². The molecule has 0 spiro atoms. The van der Waals surface area contributed by atoms with Crippen molar-refractivity contribution < 1.29 is 19.1 Å². The van der Waals surface area contributed by atoms with E-state index in [1.54, 1.807) is 0 Å². The van der Waals surface area contributed by atoms with Crippen LogP contribution in [0.3, 0.4) is 0 Å². The van der Waals surface area contributed by atoms with E-state index in [9.17, 15) is 9.59 Å². The molecule has 0 fully saturated rings. The minimum atomic E-state index is -0.325. The molecule has 0 aliphatic rings. The Hall–Kier alpha value is -1.58. The number of hydrogen-bond acceptors (Lipinski definition) is 4. The third-order valence-electron chi connectivity index (χ3n) is 2.77. The van der Waals surface area contributed by atoms with Crippen LogP contribution in [0.15, 0.2) is 24.3 Å². The maximum Gasteiger partial charge on any atom is 0.330 e. The van der Waals surface area contributed by atoms with E-state index < -0.39 is 0 Å². The van der Waals surface area contributed by atoms with Gasteiger partial charge in [-0.1, -0.05) is 32.4 Å². The minimum Gasteiger partial charge on any atom is -0.466 e. The SMILES string of the molecule is COC(=O)/C=C/CCCCC(C)(C)/C=C/C(=O)OC. The highest BCUT2D eigenvalue weighted by atomic mass is 16.5. The third kappa shape index (κ3) is 10.1. The Morgan fingerprint density at radius 1 is 1.00 bits per heavy atom. The molecule has 0 unspecified atom stereocenters. The summed E-state index contributed by atoms with van der Waals surface area (Å²) in [5.41, 5.74) is -0.0275. The molecule has 0 aromatic heterocycles. The lowest BCUT2D eigenvalue weighted by Crippen LogP contribution is -2.08. The van der Waals surface area contributed by atoms with Gasteiger partial charge in [-0.25, -0.2) is 9.59 Å². The predicted molar refractivity (Wildman–Crippen MR) is 74.6 cm³/mol. The summed E-state index contributed by atoms with van der Waals surface area (Å²) in [7, 11) is 2.73. The Labute approximate surface area is 115 Å². The summed E-state index contributed by atoms with van der Waals surface area (Å²) in [5, 5.41) is 0. The summed E-state index contributed by atoms with van der Waals surface area (Å²) >= 11 is 0. The highest BCUT2D eigenvalue weighted by Gasteiger charge is 2.13. The van der Waals surface area contributed by atoms with Crippen LogP contribution >= 0.6 is 0 Å².